The number of piperidine rings is 1. The number of hydrogen-bond donors (Lipinski definition) is 2. The maximum atomic E-state index is 12.6. The van der Waals surface area contributed by atoms with Crippen LogP contribution in [0.15, 0.2) is 30.9 Å². The predicted molar refractivity (Wildman–Crippen MR) is 109 cm³/mol. The van der Waals surface area contributed by atoms with Crippen LogP contribution in [-0.2, 0) is 16.6 Å². The highest BCUT2D eigenvalue weighted by atomic mass is 19.4. The van der Waals surface area contributed by atoms with Crippen LogP contribution >= 0.6 is 0 Å². The lowest BCUT2D eigenvalue weighted by Crippen LogP contribution is -2.53. The molecule has 0 aliphatic carbocycles. The Hall–Kier alpha value is -3.22. The summed E-state index contributed by atoms with van der Waals surface area (Å²) in [6, 6.07) is 2.10. The van der Waals surface area contributed by atoms with Gasteiger partial charge in [-0.05, 0) is 31.7 Å². The number of aryl methyl sites for hydroxylation is 1. The van der Waals surface area contributed by atoms with Crippen molar-refractivity contribution in [2.24, 2.45) is 7.05 Å². The van der Waals surface area contributed by atoms with E-state index >= 15 is 0 Å². The fourth-order valence-corrected chi connectivity index (χ4v) is 3.89. The van der Waals surface area contributed by atoms with Crippen molar-refractivity contribution in [1.29, 1.82) is 0 Å². The molecule has 0 radical (unpaired) electrons. The second-order valence-corrected chi connectivity index (χ2v) is 7.89. The molecule has 2 aliphatic rings. The molecule has 2 saturated heterocycles. The van der Waals surface area contributed by atoms with Crippen molar-refractivity contribution in [3.63, 3.8) is 0 Å². The smallest absolute Gasteiger partial charge is 0.475 e. The summed E-state index contributed by atoms with van der Waals surface area (Å²) in [5.41, 5.74) is -0.164. The number of aliphatic carboxylic acids is 1. The average molecular weight is 470 g/mol. The number of carbonyl (C=O) groups is 2. The van der Waals surface area contributed by atoms with Gasteiger partial charge in [0.15, 0.2) is 5.82 Å². The van der Waals surface area contributed by atoms with Crippen LogP contribution in [0, 0.1) is 0 Å². The molecule has 1 amide bonds. The molecule has 4 heterocycles. The topological polar surface area (TPSA) is 122 Å². The van der Waals surface area contributed by atoms with Crippen molar-refractivity contribution in [1.82, 2.24) is 24.4 Å². The second kappa shape index (κ2) is 10.1. The molecule has 180 valence electrons. The van der Waals surface area contributed by atoms with Crippen LogP contribution in [0.2, 0.25) is 0 Å². The van der Waals surface area contributed by atoms with Crippen molar-refractivity contribution in [3.8, 4) is 0 Å². The fourth-order valence-electron chi connectivity index (χ4n) is 3.89. The number of carboxylic acids is 1. The van der Waals surface area contributed by atoms with Crippen LogP contribution in [-0.4, -0.2) is 78.9 Å². The summed E-state index contributed by atoms with van der Waals surface area (Å²) < 4.78 is 39.7. The van der Waals surface area contributed by atoms with Gasteiger partial charge in [-0.15, -0.1) is 0 Å². The lowest BCUT2D eigenvalue weighted by atomic mass is 9.82. The minimum atomic E-state index is -5.08. The highest BCUT2D eigenvalue weighted by Crippen LogP contribution is 2.36. The Labute approximate surface area is 187 Å². The third-order valence-corrected chi connectivity index (χ3v) is 5.61. The Kier molecular flexibility index (Phi) is 7.51. The molecule has 0 saturated carbocycles. The number of ether oxygens (including phenoxy) is 1. The highest BCUT2D eigenvalue weighted by molar-refractivity contribution is 5.90. The Morgan fingerprint density at radius 2 is 1.82 bits per heavy atom. The number of rotatable bonds is 3. The van der Waals surface area contributed by atoms with Gasteiger partial charge in [0.05, 0.1) is 5.60 Å². The van der Waals surface area contributed by atoms with E-state index < -0.39 is 12.1 Å². The number of nitrogens with one attached hydrogen (secondary N) is 1. The maximum absolute atomic E-state index is 12.6. The largest absolute Gasteiger partial charge is 0.490 e. The molecule has 4 rings (SSSR count). The normalized spacial score (nSPS) is 20.0. The van der Waals surface area contributed by atoms with E-state index in [1.54, 1.807) is 29.4 Å². The summed E-state index contributed by atoms with van der Waals surface area (Å²) in [5.74, 6) is -1.61. The van der Waals surface area contributed by atoms with Gasteiger partial charge in [0.1, 0.15) is 0 Å². The molecule has 2 N–H and O–H groups in total. The zero-order chi connectivity index (χ0) is 24.1. The van der Waals surface area contributed by atoms with Gasteiger partial charge in [-0.2, -0.15) is 13.2 Å². The first-order valence-electron chi connectivity index (χ1n) is 10.3. The van der Waals surface area contributed by atoms with E-state index in [0.29, 0.717) is 30.9 Å². The van der Waals surface area contributed by atoms with Crippen molar-refractivity contribution in [2.75, 3.05) is 25.0 Å². The number of carboxylic acid groups (broad SMARTS) is 1. The standard InChI is InChI=1S/C18H24N6O2.C2HF3O2/c1-23-11-8-19-15(23)16(25)24-9-4-18(5-10-24)13-14(3-12-26-18)22-17-20-6-2-7-21-17;3-2(4,5)1(6)7/h2,6-8,11,14H,3-5,9-10,12-13H2,1H3,(H,20,21,22);(H,6,7). The lowest BCUT2D eigenvalue weighted by molar-refractivity contribution is -0.192. The number of alkyl halides is 3. The Balaban J connectivity index is 0.000000383. The SMILES string of the molecule is Cn1ccnc1C(=O)N1CCC2(CC1)CC(Nc1ncccn1)CCO2.O=C(O)C(F)(F)F. The number of halogens is 3. The van der Waals surface area contributed by atoms with Gasteiger partial charge in [0.2, 0.25) is 5.95 Å². The predicted octanol–water partition coefficient (Wildman–Crippen LogP) is 2.11. The molecular weight excluding hydrogens is 445 g/mol. The first kappa shape index (κ1) is 24.4. The second-order valence-electron chi connectivity index (χ2n) is 7.89. The Morgan fingerprint density at radius 1 is 1.18 bits per heavy atom. The third kappa shape index (κ3) is 6.40. The minimum Gasteiger partial charge on any atom is -0.475 e. The van der Waals surface area contributed by atoms with Crippen molar-refractivity contribution in [3.05, 3.63) is 36.7 Å². The van der Waals surface area contributed by atoms with E-state index in [-0.39, 0.29) is 11.5 Å². The van der Waals surface area contributed by atoms with Gasteiger partial charge in [-0.3, -0.25) is 4.79 Å². The lowest BCUT2D eigenvalue weighted by Gasteiger charge is -2.46. The van der Waals surface area contributed by atoms with Gasteiger partial charge < -0.3 is 24.6 Å². The number of aromatic nitrogens is 4. The fraction of sp³-hybridized carbons (Fsp3) is 0.550. The van der Waals surface area contributed by atoms with Gasteiger partial charge in [-0.25, -0.2) is 19.7 Å². The van der Waals surface area contributed by atoms with Gasteiger partial charge in [0.25, 0.3) is 5.91 Å². The van der Waals surface area contributed by atoms with Crippen LogP contribution in [0.5, 0.6) is 0 Å². The maximum Gasteiger partial charge on any atom is 0.490 e. The molecule has 1 spiro atoms. The number of anilines is 1. The molecule has 2 aliphatic heterocycles. The molecule has 1 atom stereocenters. The van der Waals surface area contributed by atoms with Gasteiger partial charge >= 0.3 is 12.1 Å². The number of carbonyl (C=O) groups excluding carboxylic acids is 1. The first-order valence-corrected chi connectivity index (χ1v) is 10.3. The van der Waals surface area contributed by atoms with Crippen molar-refractivity contribution >= 4 is 17.8 Å². The molecule has 10 nitrogen and oxygen atoms in total. The number of amides is 1. The van der Waals surface area contributed by atoms with E-state index in [1.807, 2.05) is 18.0 Å². The van der Waals surface area contributed by atoms with Gasteiger partial charge in [-0.1, -0.05) is 0 Å². The van der Waals surface area contributed by atoms with E-state index in [0.717, 1.165) is 32.3 Å². The number of nitrogens with zero attached hydrogens (tertiary/aromatic N) is 5. The van der Waals surface area contributed by atoms with E-state index in [1.165, 1.54) is 0 Å². The zero-order valence-corrected chi connectivity index (χ0v) is 18.0. The summed E-state index contributed by atoms with van der Waals surface area (Å²) in [7, 11) is 1.85. The molecule has 13 heteroatoms. The van der Waals surface area contributed by atoms with E-state index in [9.17, 15) is 18.0 Å². The quantitative estimate of drug-likeness (QED) is 0.700. The van der Waals surface area contributed by atoms with Crippen LogP contribution in [0.25, 0.3) is 0 Å². The Bertz CT molecular complexity index is 945. The van der Waals surface area contributed by atoms with Crippen molar-refractivity contribution < 1.29 is 32.6 Å². The molecule has 0 aromatic carbocycles. The minimum absolute atomic E-state index is 0.00415. The number of hydrogen-bond acceptors (Lipinski definition) is 7. The molecule has 2 aromatic rings. The highest BCUT2D eigenvalue weighted by Gasteiger charge is 2.42. The van der Waals surface area contributed by atoms with Crippen molar-refractivity contribution in [2.45, 2.75) is 43.5 Å². The molecular formula is C20H25F3N6O4. The van der Waals surface area contributed by atoms with E-state index in [4.69, 9.17) is 14.6 Å². The molecule has 33 heavy (non-hydrogen) atoms. The van der Waals surface area contributed by atoms with E-state index in [2.05, 4.69) is 20.3 Å². The van der Waals surface area contributed by atoms with Crippen LogP contribution in [0.4, 0.5) is 19.1 Å². The third-order valence-electron chi connectivity index (χ3n) is 5.61. The van der Waals surface area contributed by atoms with Crippen LogP contribution in [0.1, 0.15) is 36.3 Å². The molecule has 1 unspecified atom stereocenters. The first-order chi connectivity index (χ1) is 15.6. The summed E-state index contributed by atoms with van der Waals surface area (Å²) in [5, 5.41) is 10.5. The molecule has 0 bridgehead atoms. The summed E-state index contributed by atoms with van der Waals surface area (Å²) in [6.07, 6.45) is 5.40. The number of imidazole rings is 1. The van der Waals surface area contributed by atoms with Crippen LogP contribution in [0.3, 0.4) is 0 Å². The Morgan fingerprint density at radius 3 is 2.36 bits per heavy atom. The van der Waals surface area contributed by atoms with Gasteiger partial charge in [0, 0.05) is 57.6 Å². The monoisotopic (exact) mass is 470 g/mol. The zero-order valence-electron chi connectivity index (χ0n) is 18.0. The average Bonchev–Trinajstić information content (AvgIpc) is 3.20. The summed E-state index contributed by atoms with van der Waals surface area (Å²) >= 11 is 0. The molecule has 2 fully saturated rings. The summed E-state index contributed by atoms with van der Waals surface area (Å²) in [6.45, 7) is 2.11. The molecule has 2 aromatic heterocycles. The number of likely N-dealkylation sites (tertiary alicyclic amines) is 1. The van der Waals surface area contributed by atoms with Crippen LogP contribution < -0.4 is 5.32 Å². The summed E-state index contributed by atoms with van der Waals surface area (Å²) in [4.78, 5) is 36.1.